The fraction of sp³-hybridized carbons (Fsp3) is 0.125. The largest absolute Gasteiger partial charge is 0.323 e. The molecular weight excluding hydrogens is 239 g/mol. The molecule has 0 fully saturated rings. The lowest BCUT2D eigenvalue weighted by Crippen LogP contribution is -1.88. The summed E-state index contributed by atoms with van der Waals surface area (Å²) < 4.78 is 2.97. The lowest BCUT2D eigenvalue weighted by atomic mass is 10.3. The molecular formula is C8H6BrClN2. The van der Waals surface area contributed by atoms with Crippen molar-refractivity contribution in [2.75, 3.05) is 0 Å². The molecule has 2 nitrogen and oxygen atoms in total. The Labute approximate surface area is 83.3 Å². The van der Waals surface area contributed by atoms with Gasteiger partial charge in [0.25, 0.3) is 0 Å². The molecule has 4 heteroatoms. The Bertz CT molecular complexity index is 436. The number of aromatic nitrogens is 2. The van der Waals surface area contributed by atoms with Gasteiger partial charge in [-0.05, 0) is 28.1 Å². The maximum absolute atomic E-state index is 5.79. The summed E-state index contributed by atoms with van der Waals surface area (Å²) in [6, 6.07) is 3.89. The molecule has 2 aromatic heterocycles. The van der Waals surface area contributed by atoms with E-state index in [0.29, 0.717) is 5.02 Å². The van der Waals surface area contributed by atoms with Gasteiger partial charge in [-0.1, -0.05) is 11.6 Å². The highest BCUT2D eigenvalue weighted by molar-refractivity contribution is 9.10. The highest BCUT2D eigenvalue weighted by Crippen LogP contribution is 2.23. The lowest BCUT2D eigenvalue weighted by molar-refractivity contribution is 0.922. The minimum atomic E-state index is 0.667. The van der Waals surface area contributed by atoms with Crippen LogP contribution >= 0.6 is 27.5 Å². The number of aryl methyl sites for hydroxylation is 1. The van der Waals surface area contributed by atoms with Gasteiger partial charge in [-0.25, -0.2) is 4.98 Å². The Morgan fingerprint density at radius 1 is 1.50 bits per heavy atom. The first kappa shape index (κ1) is 8.08. The predicted molar refractivity (Wildman–Crippen MR) is 53.4 cm³/mol. The van der Waals surface area contributed by atoms with Crippen molar-refractivity contribution in [2.24, 2.45) is 7.05 Å². The van der Waals surface area contributed by atoms with Crippen LogP contribution in [-0.4, -0.2) is 9.55 Å². The van der Waals surface area contributed by atoms with Crippen molar-refractivity contribution >= 4 is 38.6 Å². The second-order valence-corrected chi connectivity index (χ2v) is 3.84. The SMILES string of the molecule is Cn1c(Br)cc2cc(Cl)cnc21. The van der Waals surface area contributed by atoms with Crippen LogP contribution in [0.25, 0.3) is 11.0 Å². The summed E-state index contributed by atoms with van der Waals surface area (Å²) in [5.74, 6) is 0. The van der Waals surface area contributed by atoms with Crippen LogP contribution in [0.1, 0.15) is 0 Å². The van der Waals surface area contributed by atoms with E-state index >= 15 is 0 Å². The highest BCUT2D eigenvalue weighted by atomic mass is 79.9. The van der Waals surface area contributed by atoms with Gasteiger partial charge >= 0.3 is 0 Å². The summed E-state index contributed by atoms with van der Waals surface area (Å²) in [4.78, 5) is 4.20. The Kier molecular flexibility index (Phi) is 1.85. The Morgan fingerprint density at radius 2 is 2.25 bits per heavy atom. The van der Waals surface area contributed by atoms with Gasteiger partial charge in [0.15, 0.2) is 0 Å². The van der Waals surface area contributed by atoms with Gasteiger partial charge in [0.2, 0.25) is 0 Å². The number of hydrogen-bond donors (Lipinski definition) is 0. The zero-order chi connectivity index (χ0) is 8.72. The number of pyridine rings is 1. The first-order chi connectivity index (χ1) is 5.68. The molecule has 0 saturated carbocycles. The molecule has 0 aromatic carbocycles. The monoisotopic (exact) mass is 244 g/mol. The third kappa shape index (κ3) is 1.13. The van der Waals surface area contributed by atoms with Crippen LogP contribution in [0.5, 0.6) is 0 Å². The number of rotatable bonds is 0. The molecule has 0 N–H and O–H groups in total. The standard InChI is InChI=1S/C8H6BrClN2/c1-12-7(9)3-5-2-6(10)4-11-8(5)12/h2-4H,1H3. The summed E-state index contributed by atoms with van der Waals surface area (Å²) in [7, 11) is 1.95. The summed E-state index contributed by atoms with van der Waals surface area (Å²) in [6.45, 7) is 0. The van der Waals surface area contributed by atoms with Gasteiger partial charge in [-0.2, -0.15) is 0 Å². The maximum atomic E-state index is 5.79. The highest BCUT2D eigenvalue weighted by Gasteiger charge is 2.03. The van der Waals surface area contributed by atoms with Crippen LogP contribution in [0.3, 0.4) is 0 Å². The molecule has 0 bridgehead atoms. The maximum Gasteiger partial charge on any atom is 0.140 e. The van der Waals surface area contributed by atoms with E-state index in [1.807, 2.05) is 23.7 Å². The van der Waals surface area contributed by atoms with Gasteiger partial charge in [0.05, 0.1) is 9.63 Å². The minimum Gasteiger partial charge on any atom is -0.323 e. The van der Waals surface area contributed by atoms with E-state index in [4.69, 9.17) is 11.6 Å². The topological polar surface area (TPSA) is 17.8 Å². The van der Waals surface area contributed by atoms with Crippen molar-refractivity contribution in [3.63, 3.8) is 0 Å². The van der Waals surface area contributed by atoms with Crippen LogP contribution in [0.2, 0.25) is 5.02 Å². The fourth-order valence-electron chi connectivity index (χ4n) is 1.16. The molecule has 62 valence electrons. The van der Waals surface area contributed by atoms with E-state index in [9.17, 15) is 0 Å². The molecule has 0 radical (unpaired) electrons. The molecule has 0 amide bonds. The van der Waals surface area contributed by atoms with Crippen molar-refractivity contribution < 1.29 is 0 Å². The third-order valence-electron chi connectivity index (χ3n) is 1.77. The van der Waals surface area contributed by atoms with Crippen molar-refractivity contribution in [1.29, 1.82) is 0 Å². The molecule has 0 aliphatic carbocycles. The molecule has 0 aliphatic rings. The summed E-state index contributed by atoms with van der Waals surface area (Å²) in [6.07, 6.45) is 1.65. The zero-order valence-corrected chi connectivity index (χ0v) is 8.72. The van der Waals surface area contributed by atoms with Crippen LogP contribution in [0, 0.1) is 0 Å². The average Bonchev–Trinajstić information content (AvgIpc) is 2.28. The molecule has 0 spiro atoms. The Balaban J connectivity index is 2.87. The van der Waals surface area contributed by atoms with E-state index in [2.05, 4.69) is 20.9 Å². The molecule has 2 aromatic rings. The van der Waals surface area contributed by atoms with Crippen molar-refractivity contribution in [3.05, 3.63) is 28.0 Å². The van der Waals surface area contributed by atoms with Crippen molar-refractivity contribution in [1.82, 2.24) is 9.55 Å². The molecule has 0 unspecified atom stereocenters. The van der Waals surface area contributed by atoms with E-state index in [1.54, 1.807) is 6.20 Å². The first-order valence-electron chi connectivity index (χ1n) is 3.45. The zero-order valence-electron chi connectivity index (χ0n) is 6.38. The van der Waals surface area contributed by atoms with Crippen LogP contribution in [0.4, 0.5) is 0 Å². The summed E-state index contributed by atoms with van der Waals surface area (Å²) >= 11 is 9.21. The second kappa shape index (κ2) is 2.75. The number of fused-ring (bicyclic) bond motifs is 1. The second-order valence-electron chi connectivity index (χ2n) is 2.59. The van der Waals surface area contributed by atoms with Gasteiger partial charge in [-0.3, -0.25) is 0 Å². The molecule has 0 aliphatic heterocycles. The lowest BCUT2D eigenvalue weighted by Gasteiger charge is -1.95. The van der Waals surface area contributed by atoms with Crippen LogP contribution < -0.4 is 0 Å². The Morgan fingerprint density at radius 3 is 3.00 bits per heavy atom. The van der Waals surface area contributed by atoms with Gasteiger partial charge < -0.3 is 4.57 Å². The van der Waals surface area contributed by atoms with Crippen molar-refractivity contribution in [2.45, 2.75) is 0 Å². The van der Waals surface area contributed by atoms with Crippen LogP contribution in [0.15, 0.2) is 22.9 Å². The van der Waals surface area contributed by atoms with E-state index < -0.39 is 0 Å². The van der Waals surface area contributed by atoms with E-state index in [1.165, 1.54) is 0 Å². The number of nitrogens with zero attached hydrogens (tertiary/aromatic N) is 2. The molecule has 0 atom stereocenters. The minimum absolute atomic E-state index is 0.667. The normalized spacial score (nSPS) is 10.9. The van der Waals surface area contributed by atoms with Gasteiger partial charge in [0.1, 0.15) is 5.65 Å². The third-order valence-corrected chi connectivity index (χ3v) is 2.74. The van der Waals surface area contributed by atoms with Gasteiger partial charge in [0, 0.05) is 18.6 Å². The Hall–Kier alpha value is -0.540. The quantitative estimate of drug-likeness (QED) is 0.698. The van der Waals surface area contributed by atoms with E-state index in [-0.39, 0.29) is 0 Å². The van der Waals surface area contributed by atoms with Crippen LogP contribution in [-0.2, 0) is 7.05 Å². The summed E-state index contributed by atoms with van der Waals surface area (Å²) in [5, 5.41) is 1.72. The number of hydrogen-bond acceptors (Lipinski definition) is 1. The molecule has 12 heavy (non-hydrogen) atoms. The molecule has 2 rings (SSSR count). The number of halogens is 2. The average molecular weight is 246 g/mol. The van der Waals surface area contributed by atoms with Crippen molar-refractivity contribution in [3.8, 4) is 0 Å². The van der Waals surface area contributed by atoms with E-state index in [0.717, 1.165) is 15.6 Å². The summed E-state index contributed by atoms with van der Waals surface area (Å²) in [5.41, 5.74) is 0.936. The molecule has 0 saturated heterocycles. The first-order valence-corrected chi connectivity index (χ1v) is 4.62. The molecule has 2 heterocycles. The van der Waals surface area contributed by atoms with Gasteiger partial charge in [-0.15, -0.1) is 0 Å². The fourth-order valence-corrected chi connectivity index (χ4v) is 1.74. The predicted octanol–water partition coefficient (Wildman–Crippen LogP) is 2.99. The smallest absolute Gasteiger partial charge is 0.140 e.